The van der Waals surface area contributed by atoms with Crippen molar-refractivity contribution in [3.63, 3.8) is 0 Å². The Hall–Kier alpha value is -2.57. The lowest BCUT2D eigenvalue weighted by Gasteiger charge is -2.40. The third kappa shape index (κ3) is 2.81. The van der Waals surface area contributed by atoms with Gasteiger partial charge < -0.3 is 9.80 Å². The predicted octanol–water partition coefficient (Wildman–Crippen LogP) is 2.20. The maximum Gasteiger partial charge on any atom is 0.272 e. The van der Waals surface area contributed by atoms with Gasteiger partial charge in [0.05, 0.1) is 11.9 Å². The summed E-state index contributed by atoms with van der Waals surface area (Å²) < 4.78 is 13.1. The first-order valence-electron chi connectivity index (χ1n) is 8.93. The fourth-order valence-electron chi connectivity index (χ4n) is 4.11. The van der Waals surface area contributed by atoms with Crippen molar-refractivity contribution >= 4 is 11.9 Å². The highest BCUT2D eigenvalue weighted by atomic mass is 19.1. The van der Waals surface area contributed by atoms with Crippen LogP contribution in [0.4, 0.5) is 10.3 Å². The average Bonchev–Trinajstić information content (AvgIpc) is 2.99. The third-order valence-electron chi connectivity index (χ3n) is 5.44. The number of anilines is 1. The van der Waals surface area contributed by atoms with Gasteiger partial charge in [0.1, 0.15) is 11.5 Å². The van der Waals surface area contributed by atoms with Crippen LogP contribution in [0.1, 0.15) is 41.0 Å². The van der Waals surface area contributed by atoms with Crippen molar-refractivity contribution in [1.29, 1.82) is 0 Å². The summed E-state index contributed by atoms with van der Waals surface area (Å²) in [5.74, 6) is 0.127. The molecule has 2 aromatic rings. The lowest BCUT2D eigenvalue weighted by Crippen LogP contribution is -2.48. The highest BCUT2D eigenvalue weighted by Crippen LogP contribution is 2.44. The Morgan fingerprint density at radius 2 is 2.08 bits per heavy atom. The number of halogens is 1. The molecule has 1 aliphatic carbocycles. The van der Waals surface area contributed by atoms with E-state index < -0.39 is 5.82 Å². The minimum atomic E-state index is -0.436. The van der Waals surface area contributed by atoms with Crippen LogP contribution in [-0.4, -0.2) is 52.9 Å². The van der Waals surface area contributed by atoms with Gasteiger partial charge in [-0.3, -0.25) is 4.79 Å². The number of amides is 1. The van der Waals surface area contributed by atoms with Gasteiger partial charge in [-0.15, -0.1) is 0 Å². The molecule has 3 heterocycles. The van der Waals surface area contributed by atoms with E-state index in [0.29, 0.717) is 24.7 Å². The van der Waals surface area contributed by atoms with E-state index in [9.17, 15) is 9.18 Å². The van der Waals surface area contributed by atoms with Crippen molar-refractivity contribution < 1.29 is 9.18 Å². The molecule has 7 heteroatoms. The molecule has 0 aromatic carbocycles. The molecular formula is C19H22FN5O. The number of carbonyl (C=O) groups is 1. The zero-order valence-corrected chi connectivity index (χ0v) is 15.1. The molecular weight excluding hydrogens is 333 g/mol. The Labute approximate surface area is 152 Å². The quantitative estimate of drug-likeness (QED) is 0.826. The standard InChI is InChI=1S/C19H22FN5O/c1-24(2)18-22-10-13-6-8-19(16(13)23-18)7-3-9-25(12-19)17(26)15-5-4-14(20)11-21-15/h4-5,10-11H,3,6-9,12H2,1-2H3. The smallest absolute Gasteiger partial charge is 0.272 e. The molecule has 1 aliphatic heterocycles. The summed E-state index contributed by atoms with van der Waals surface area (Å²) in [5.41, 5.74) is 2.45. The molecule has 1 amide bonds. The summed E-state index contributed by atoms with van der Waals surface area (Å²) in [6.07, 6.45) is 6.88. The summed E-state index contributed by atoms with van der Waals surface area (Å²) in [6.45, 7) is 1.32. The van der Waals surface area contributed by atoms with E-state index in [0.717, 1.165) is 37.6 Å². The number of aromatic nitrogens is 3. The Kier molecular flexibility index (Phi) is 4.09. The van der Waals surface area contributed by atoms with E-state index in [2.05, 4.69) is 9.97 Å². The van der Waals surface area contributed by atoms with Crippen LogP contribution in [0.5, 0.6) is 0 Å². The minimum absolute atomic E-state index is 0.114. The maximum atomic E-state index is 13.1. The van der Waals surface area contributed by atoms with E-state index >= 15 is 0 Å². The van der Waals surface area contributed by atoms with Crippen molar-refractivity contribution in [3.8, 4) is 0 Å². The highest BCUT2D eigenvalue weighted by molar-refractivity contribution is 5.92. The molecule has 1 fully saturated rings. The Balaban J connectivity index is 1.63. The van der Waals surface area contributed by atoms with E-state index in [4.69, 9.17) is 4.98 Å². The molecule has 2 aromatic heterocycles. The largest absolute Gasteiger partial charge is 0.347 e. The maximum absolute atomic E-state index is 13.1. The van der Waals surface area contributed by atoms with Gasteiger partial charge in [-0.1, -0.05) is 0 Å². The van der Waals surface area contributed by atoms with Gasteiger partial charge in [0.15, 0.2) is 0 Å². The number of nitrogens with zero attached hydrogens (tertiary/aromatic N) is 5. The molecule has 4 rings (SSSR count). The number of aryl methyl sites for hydroxylation is 1. The predicted molar refractivity (Wildman–Crippen MR) is 95.7 cm³/mol. The molecule has 2 aliphatic rings. The molecule has 0 saturated carbocycles. The number of hydrogen-bond donors (Lipinski definition) is 0. The normalized spacial score (nSPS) is 21.7. The number of piperidine rings is 1. The monoisotopic (exact) mass is 355 g/mol. The summed E-state index contributed by atoms with van der Waals surface area (Å²) in [4.78, 5) is 29.8. The molecule has 0 bridgehead atoms. The second-order valence-electron chi connectivity index (χ2n) is 7.41. The third-order valence-corrected chi connectivity index (χ3v) is 5.44. The molecule has 1 atom stereocenters. The number of fused-ring (bicyclic) bond motifs is 2. The fraction of sp³-hybridized carbons (Fsp3) is 0.474. The molecule has 136 valence electrons. The Morgan fingerprint density at radius 3 is 2.81 bits per heavy atom. The van der Waals surface area contributed by atoms with Crippen LogP contribution >= 0.6 is 0 Å². The first-order chi connectivity index (χ1) is 12.5. The molecule has 6 nitrogen and oxygen atoms in total. The van der Waals surface area contributed by atoms with Crippen LogP contribution in [0, 0.1) is 5.82 Å². The van der Waals surface area contributed by atoms with Crippen LogP contribution in [0.2, 0.25) is 0 Å². The van der Waals surface area contributed by atoms with Gasteiger partial charge in [0, 0.05) is 38.8 Å². The van der Waals surface area contributed by atoms with Gasteiger partial charge in [-0.25, -0.2) is 19.3 Å². The molecule has 1 unspecified atom stereocenters. The van der Waals surface area contributed by atoms with Crippen LogP contribution in [0.15, 0.2) is 24.5 Å². The van der Waals surface area contributed by atoms with E-state index in [1.807, 2.05) is 30.1 Å². The van der Waals surface area contributed by atoms with Crippen molar-refractivity contribution in [2.75, 3.05) is 32.1 Å². The van der Waals surface area contributed by atoms with Crippen LogP contribution < -0.4 is 4.90 Å². The number of hydrogen-bond acceptors (Lipinski definition) is 5. The summed E-state index contributed by atoms with van der Waals surface area (Å²) >= 11 is 0. The Bertz CT molecular complexity index is 834. The topological polar surface area (TPSA) is 62.2 Å². The SMILES string of the molecule is CN(C)c1ncc2c(n1)C1(CCCN(C(=O)c3ccc(F)cn3)C1)CC2. The number of rotatable bonds is 2. The molecule has 1 spiro atoms. The van der Waals surface area contributed by atoms with Crippen LogP contribution in [0.25, 0.3) is 0 Å². The summed E-state index contributed by atoms with van der Waals surface area (Å²) in [7, 11) is 3.86. The van der Waals surface area contributed by atoms with Gasteiger partial charge in [-0.2, -0.15) is 0 Å². The van der Waals surface area contributed by atoms with E-state index in [-0.39, 0.29) is 11.3 Å². The van der Waals surface area contributed by atoms with Gasteiger partial charge in [0.25, 0.3) is 5.91 Å². The van der Waals surface area contributed by atoms with Gasteiger partial charge in [-0.05, 0) is 43.4 Å². The zero-order valence-electron chi connectivity index (χ0n) is 15.1. The van der Waals surface area contributed by atoms with Crippen molar-refractivity contribution in [2.24, 2.45) is 0 Å². The molecule has 1 saturated heterocycles. The van der Waals surface area contributed by atoms with Crippen LogP contribution in [-0.2, 0) is 11.8 Å². The second kappa shape index (κ2) is 6.30. The fourth-order valence-corrected chi connectivity index (χ4v) is 4.11. The highest BCUT2D eigenvalue weighted by Gasteiger charge is 2.45. The summed E-state index contributed by atoms with van der Waals surface area (Å²) in [6, 6.07) is 2.73. The zero-order chi connectivity index (χ0) is 18.3. The first-order valence-corrected chi connectivity index (χ1v) is 8.93. The van der Waals surface area contributed by atoms with Crippen molar-refractivity contribution in [3.05, 3.63) is 47.3 Å². The molecule has 0 radical (unpaired) electrons. The second-order valence-corrected chi connectivity index (χ2v) is 7.41. The van der Waals surface area contributed by atoms with E-state index in [1.165, 1.54) is 17.7 Å². The lowest BCUT2D eigenvalue weighted by atomic mass is 9.77. The number of pyridine rings is 1. The molecule has 0 N–H and O–H groups in total. The minimum Gasteiger partial charge on any atom is -0.347 e. The van der Waals surface area contributed by atoms with E-state index in [1.54, 1.807) is 0 Å². The van der Waals surface area contributed by atoms with Crippen molar-refractivity contribution in [2.45, 2.75) is 31.1 Å². The van der Waals surface area contributed by atoms with Crippen LogP contribution in [0.3, 0.4) is 0 Å². The molecule has 26 heavy (non-hydrogen) atoms. The van der Waals surface area contributed by atoms with Crippen molar-refractivity contribution in [1.82, 2.24) is 19.9 Å². The average molecular weight is 355 g/mol. The number of likely N-dealkylation sites (tertiary alicyclic amines) is 1. The Morgan fingerprint density at radius 1 is 1.23 bits per heavy atom. The summed E-state index contributed by atoms with van der Waals surface area (Å²) in [5, 5.41) is 0. The number of carbonyl (C=O) groups excluding carboxylic acids is 1. The van der Waals surface area contributed by atoms with Gasteiger partial charge >= 0.3 is 0 Å². The van der Waals surface area contributed by atoms with Gasteiger partial charge in [0.2, 0.25) is 5.95 Å². The first kappa shape index (κ1) is 16.9. The lowest BCUT2D eigenvalue weighted by molar-refractivity contribution is 0.0627.